The van der Waals surface area contributed by atoms with Crippen LogP contribution in [0.1, 0.15) is 32.1 Å². The van der Waals surface area contributed by atoms with Gasteiger partial charge in [0.2, 0.25) is 5.91 Å². The Labute approximate surface area is 114 Å². The zero-order valence-electron chi connectivity index (χ0n) is 11.7. The van der Waals surface area contributed by atoms with Crippen molar-refractivity contribution >= 4 is 12.4 Å². The molecule has 0 aliphatic carbocycles. The van der Waals surface area contributed by atoms with Gasteiger partial charge in [-0.1, -0.05) is 6.42 Å². The van der Waals surface area contributed by atoms with E-state index in [-0.39, 0.29) is 17.9 Å². The van der Waals surface area contributed by atoms with Crippen molar-refractivity contribution in [1.29, 1.82) is 0 Å². The van der Waals surface area contributed by atoms with E-state index in [0.717, 1.165) is 39.0 Å². The summed E-state index contributed by atoms with van der Waals surface area (Å²) in [6.07, 6.45) is 5.70. The van der Waals surface area contributed by atoms with Crippen molar-refractivity contribution in [2.45, 2.75) is 37.6 Å². The quantitative estimate of drug-likeness (QED) is 0.618. The SMILES string of the molecule is CNC(=O)C1(N2CCCCC2)CCNCC1.O=CO. The van der Waals surface area contributed by atoms with Crippen LogP contribution in [0.25, 0.3) is 0 Å². The normalized spacial score (nSPS) is 22.8. The standard InChI is InChI=1S/C12H23N3O.CH2O2/c1-13-11(16)12(5-7-14-8-6-12)15-9-3-2-4-10-15;2-1-3/h14H,2-10H2,1H3,(H,13,16);1H,(H,2,3). The summed E-state index contributed by atoms with van der Waals surface area (Å²) in [6.45, 7) is 3.86. The van der Waals surface area contributed by atoms with E-state index in [4.69, 9.17) is 9.90 Å². The van der Waals surface area contributed by atoms with Crippen LogP contribution in [0, 0.1) is 0 Å². The average molecular weight is 271 g/mol. The van der Waals surface area contributed by atoms with Gasteiger partial charge in [0.05, 0.1) is 0 Å². The van der Waals surface area contributed by atoms with E-state index in [9.17, 15) is 4.79 Å². The Balaban J connectivity index is 0.000000550. The van der Waals surface area contributed by atoms with Gasteiger partial charge in [0.1, 0.15) is 5.54 Å². The molecule has 19 heavy (non-hydrogen) atoms. The summed E-state index contributed by atoms with van der Waals surface area (Å²) < 4.78 is 0. The third-order valence-electron chi connectivity index (χ3n) is 4.04. The van der Waals surface area contributed by atoms with Crippen molar-refractivity contribution in [1.82, 2.24) is 15.5 Å². The Hall–Kier alpha value is -1.14. The minimum Gasteiger partial charge on any atom is -0.483 e. The second-order valence-electron chi connectivity index (χ2n) is 5.01. The lowest BCUT2D eigenvalue weighted by Gasteiger charge is -2.46. The molecule has 2 aliphatic rings. The number of amides is 1. The number of nitrogens with one attached hydrogen (secondary N) is 2. The predicted octanol–water partition coefficient (Wildman–Crippen LogP) is 0.0413. The van der Waals surface area contributed by atoms with Gasteiger partial charge in [0.25, 0.3) is 6.47 Å². The van der Waals surface area contributed by atoms with Crippen molar-refractivity contribution in [3.8, 4) is 0 Å². The van der Waals surface area contributed by atoms with Crippen LogP contribution in [0.4, 0.5) is 0 Å². The number of hydrogen-bond acceptors (Lipinski definition) is 4. The Kier molecular flexibility index (Phi) is 6.80. The first kappa shape index (κ1) is 15.9. The van der Waals surface area contributed by atoms with Crippen LogP contribution < -0.4 is 10.6 Å². The third kappa shape index (κ3) is 3.91. The van der Waals surface area contributed by atoms with E-state index >= 15 is 0 Å². The van der Waals surface area contributed by atoms with Gasteiger partial charge in [0.15, 0.2) is 0 Å². The first-order valence-electron chi connectivity index (χ1n) is 6.97. The largest absolute Gasteiger partial charge is 0.483 e. The molecule has 0 aromatic carbocycles. The van der Waals surface area contributed by atoms with Crippen LogP contribution in [0.5, 0.6) is 0 Å². The summed E-state index contributed by atoms with van der Waals surface area (Å²) >= 11 is 0. The number of carboxylic acid groups (broad SMARTS) is 1. The second-order valence-corrected chi connectivity index (χ2v) is 5.01. The molecule has 2 fully saturated rings. The van der Waals surface area contributed by atoms with Crippen molar-refractivity contribution in [2.24, 2.45) is 0 Å². The molecule has 0 radical (unpaired) electrons. The van der Waals surface area contributed by atoms with E-state index in [2.05, 4.69) is 15.5 Å². The molecule has 2 saturated heterocycles. The monoisotopic (exact) mass is 271 g/mol. The number of piperidine rings is 2. The van der Waals surface area contributed by atoms with Crippen LogP contribution in [0.2, 0.25) is 0 Å². The van der Waals surface area contributed by atoms with Gasteiger partial charge in [-0.05, 0) is 51.9 Å². The van der Waals surface area contributed by atoms with Gasteiger partial charge in [-0.25, -0.2) is 0 Å². The molecular weight excluding hydrogens is 246 g/mol. The maximum Gasteiger partial charge on any atom is 0.290 e. The van der Waals surface area contributed by atoms with Crippen LogP contribution in [0.3, 0.4) is 0 Å². The minimum atomic E-state index is -0.250. The number of likely N-dealkylation sites (N-methyl/N-ethyl adjacent to an activating group) is 1. The highest BCUT2D eigenvalue weighted by Gasteiger charge is 2.44. The van der Waals surface area contributed by atoms with Gasteiger partial charge in [0, 0.05) is 7.05 Å². The summed E-state index contributed by atoms with van der Waals surface area (Å²) in [4.78, 5) is 23.0. The molecule has 0 atom stereocenters. The van der Waals surface area contributed by atoms with E-state index in [1.54, 1.807) is 7.05 Å². The van der Waals surface area contributed by atoms with Crippen molar-refractivity contribution in [3.05, 3.63) is 0 Å². The molecule has 2 aliphatic heterocycles. The zero-order valence-corrected chi connectivity index (χ0v) is 11.7. The number of carbonyl (C=O) groups excluding carboxylic acids is 1. The van der Waals surface area contributed by atoms with Crippen LogP contribution in [-0.2, 0) is 9.59 Å². The Morgan fingerprint density at radius 2 is 1.79 bits per heavy atom. The molecule has 0 spiro atoms. The Morgan fingerprint density at radius 3 is 2.26 bits per heavy atom. The molecule has 2 rings (SSSR count). The highest BCUT2D eigenvalue weighted by atomic mass is 16.3. The van der Waals surface area contributed by atoms with Gasteiger partial charge in [-0.3, -0.25) is 14.5 Å². The number of carbonyl (C=O) groups is 2. The maximum absolute atomic E-state index is 12.2. The zero-order chi connectivity index (χ0) is 14.1. The molecule has 1 amide bonds. The van der Waals surface area contributed by atoms with E-state index in [1.165, 1.54) is 19.3 Å². The first-order chi connectivity index (χ1) is 9.21. The molecule has 6 heteroatoms. The fourth-order valence-corrected chi connectivity index (χ4v) is 3.08. The summed E-state index contributed by atoms with van der Waals surface area (Å²) in [5.74, 6) is 0.218. The summed E-state index contributed by atoms with van der Waals surface area (Å²) in [5, 5.41) is 13.1. The fourth-order valence-electron chi connectivity index (χ4n) is 3.08. The third-order valence-corrected chi connectivity index (χ3v) is 4.04. The number of hydrogen-bond donors (Lipinski definition) is 3. The minimum absolute atomic E-state index is 0.218. The molecule has 0 aromatic rings. The number of likely N-dealkylation sites (tertiary alicyclic amines) is 1. The molecule has 3 N–H and O–H groups in total. The lowest BCUT2D eigenvalue weighted by atomic mass is 9.84. The summed E-state index contributed by atoms with van der Waals surface area (Å²) in [5.41, 5.74) is -0.222. The second kappa shape index (κ2) is 8.12. The smallest absolute Gasteiger partial charge is 0.290 e. The summed E-state index contributed by atoms with van der Waals surface area (Å²) in [7, 11) is 1.76. The predicted molar refractivity (Wildman–Crippen MR) is 73.0 cm³/mol. The topological polar surface area (TPSA) is 81.7 Å². The molecule has 2 heterocycles. The Morgan fingerprint density at radius 1 is 1.26 bits per heavy atom. The van der Waals surface area contributed by atoms with Gasteiger partial charge in [-0.15, -0.1) is 0 Å². The lowest BCUT2D eigenvalue weighted by Crippen LogP contribution is -2.63. The van der Waals surface area contributed by atoms with Gasteiger partial charge in [-0.2, -0.15) is 0 Å². The Bertz CT molecular complexity index is 285. The number of rotatable bonds is 2. The fraction of sp³-hybridized carbons (Fsp3) is 0.846. The average Bonchev–Trinajstić information content (AvgIpc) is 2.49. The van der Waals surface area contributed by atoms with Crippen molar-refractivity contribution < 1.29 is 14.7 Å². The molecule has 0 bridgehead atoms. The van der Waals surface area contributed by atoms with Crippen LogP contribution in [0.15, 0.2) is 0 Å². The summed E-state index contributed by atoms with van der Waals surface area (Å²) in [6, 6.07) is 0. The molecule has 6 nitrogen and oxygen atoms in total. The molecule has 110 valence electrons. The van der Waals surface area contributed by atoms with Gasteiger partial charge < -0.3 is 15.7 Å². The highest BCUT2D eigenvalue weighted by Crippen LogP contribution is 2.29. The molecular formula is C13H25N3O3. The first-order valence-corrected chi connectivity index (χ1v) is 6.97. The highest BCUT2D eigenvalue weighted by molar-refractivity contribution is 5.86. The van der Waals surface area contributed by atoms with Crippen molar-refractivity contribution in [3.63, 3.8) is 0 Å². The number of nitrogens with zero attached hydrogens (tertiary/aromatic N) is 1. The van der Waals surface area contributed by atoms with E-state index < -0.39 is 0 Å². The van der Waals surface area contributed by atoms with Crippen LogP contribution in [-0.4, -0.2) is 61.2 Å². The van der Waals surface area contributed by atoms with Crippen LogP contribution >= 0.6 is 0 Å². The van der Waals surface area contributed by atoms with Gasteiger partial charge >= 0.3 is 0 Å². The molecule has 0 aromatic heterocycles. The van der Waals surface area contributed by atoms with Crippen molar-refractivity contribution in [2.75, 3.05) is 33.2 Å². The van der Waals surface area contributed by atoms with E-state index in [1.807, 2.05) is 0 Å². The maximum atomic E-state index is 12.2. The molecule has 0 saturated carbocycles. The molecule has 0 unspecified atom stereocenters. The van der Waals surface area contributed by atoms with E-state index in [0.29, 0.717) is 0 Å². The lowest BCUT2D eigenvalue weighted by molar-refractivity contribution is -0.136.